The number of hydrogen-bond donors (Lipinski definition) is 5. The maximum Gasteiger partial charge on any atom is 0.300 e. The number of nitrogen functional groups attached to an aromatic ring is 1. The summed E-state index contributed by atoms with van der Waals surface area (Å²) in [4.78, 5) is 34.2. The molecular weight excluding hydrogens is 488 g/mol. The van der Waals surface area contributed by atoms with E-state index in [9.17, 15) is 25.1 Å². The maximum absolute atomic E-state index is 12.5. The van der Waals surface area contributed by atoms with E-state index in [4.69, 9.17) is 16.5 Å². The molecule has 0 radical (unpaired) electrons. The molecule has 11 nitrogen and oxygen atoms in total. The summed E-state index contributed by atoms with van der Waals surface area (Å²) in [6, 6.07) is 7.07. The number of nitro benzene ring substituents is 1. The Bertz CT molecular complexity index is 1370. The second-order valence-electron chi connectivity index (χ2n) is 10.7. The van der Waals surface area contributed by atoms with Crippen LogP contribution in [0.25, 0.3) is 22.2 Å². The van der Waals surface area contributed by atoms with Gasteiger partial charge in [0.1, 0.15) is 11.5 Å². The lowest BCUT2D eigenvalue weighted by atomic mass is 9.79. The SMILES string of the molecule is NC(=O)c1c(N2CCC(CO)(CO)CC2)cc(-c2ccc3[nH]c(C4CCCCC4)nc3c2)c([N+](=O)[O-])c1N. The summed E-state index contributed by atoms with van der Waals surface area (Å²) in [6.07, 6.45) is 6.75. The number of H-pyrrole nitrogens is 1. The number of nitrogens with zero attached hydrogens (tertiary/aromatic N) is 3. The Balaban J connectivity index is 1.60. The molecule has 202 valence electrons. The maximum atomic E-state index is 12.5. The van der Waals surface area contributed by atoms with E-state index in [0.29, 0.717) is 48.6 Å². The number of anilines is 2. The van der Waals surface area contributed by atoms with E-state index in [1.807, 2.05) is 17.0 Å². The van der Waals surface area contributed by atoms with Crippen LogP contribution in [-0.4, -0.2) is 57.3 Å². The molecule has 0 spiro atoms. The van der Waals surface area contributed by atoms with Gasteiger partial charge in [0.05, 0.1) is 46.0 Å². The zero-order valence-corrected chi connectivity index (χ0v) is 21.3. The number of carbonyl (C=O) groups is 1. The highest BCUT2D eigenvalue weighted by Crippen LogP contribution is 2.44. The van der Waals surface area contributed by atoms with Gasteiger partial charge in [-0.05, 0) is 49.4 Å². The molecule has 1 saturated carbocycles. The number of nitrogens with two attached hydrogens (primary N) is 2. The molecule has 2 aromatic carbocycles. The Morgan fingerprint density at radius 2 is 1.84 bits per heavy atom. The summed E-state index contributed by atoms with van der Waals surface area (Å²) in [5.74, 6) is 0.475. The number of hydrogen-bond acceptors (Lipinski definition) is 8. The van der Waals surface area contributed by atoms with Crippen LogP contribution in [0.3, 0.4) is 0 Å². The van der Waals surface area contributed by atoms with Gasteiger partial charge in [0, 0.05) is 24.4 Å². The Kier molecular flexibility index (Phi) is 6.97. The second-order valence-corrected chi connectivity index (χ2v) is 10.7. The number of aliphatic hydroxyl groups excluding tert-OH is 2. The molecule has 38 heavy (non-hydrogen) atoms. The number of imidazole rings is 1. The smallest absolute Gasteiger partial charge is 0.300 e. The predicted octanol–water partition coefficient (Wildman–Crippen LogP) is 3.44. The second kappa shape index (κ2) is 10.2. The molecule has 1 aromatic heterocycles. The highest BCUT2D eigenvalue weighted by atomic mass is 16.6. The molecule has 5 rings (SSSR count). The average molecular weight is 523 g/mol. The van der Waals surface area contributed by atoms with E-state index in [2.05, 4.69) is 4.98 Å². The van der Waals surface area contributed by atoms with Crippen LogP contribution >= 0.6 is 0 Å². The van der Waals surface area contributed by atoms with Crippen molar-refractivity contribution in [3.63, 3.8) is 0 Å². The third-order valence-electron chi connectivity index (χ3n) is 8.39. The lowest BCUT2D eigenvalue weighted by molar-refractivity contribution is -0.383. The fourth-order valence-corrected chi connectivity index (χ4v) is 5.95. The Morgan fingerprint density at radius 3 is 2.45 bits per heavy atom. The molecule has 11 heteroatoms. The van der Waals surface area contributed by atoms with Crippen molar-refractivity contribution >= 4 is 34.0 Å². The van der Waals surface area contributed by atoms with Crippen molar-refractivity contribution in [2.45, 2.75) is 50.9 Å². The first-order valence-corrected chi connectivity index (χ1v) is 13.1. The van der Waals surface area contributed by atoms with Gasteiger partial charge in [0.2, 0.25) is 0 Å². The number of aromatic nitrogens is 2. The summed E-state index contributed by atoms with van der Waals surface area (Å²) in [5.41, 5.74) is 13.4. The highest BCUT2D eigenvalue weighted by Gasteiger charge is 2.36. The van der Waals surface area contributed by atoms with Crippen LogP contribution in [0, 0.1) is 15.5 Å². The Hall–Kier alpha value is -3.70. The van der Waals surface area contributed by atoms with Crippen molar-refractivity contribution in [3.05, 3.63) is 45.8 Å². The van der Waals surface area contributed by atoms with Gasteiger partial charge >= 0.3 is 5.69 Å². The zero-order chi connectivity index (χ0) is 27.0. The number of amides is 1. The molecule has 1 amide bonds. The van der Waals surface area contributed by atoms with Crippen molar-refractivity contribution in [2.75, 3.05) is 36.9 Å². The molecule has 2 fully saturated rings. The monoisotopic (exact) mass is 522 g/mol. The summed E-state index contributed by atoms with van der Waals surface area (Å²) >= 11 is 0. The van der Waals surface area contributed by atoms with Crippen LogP contribution in [0.15, 0.2) is 24.3 Å². The number of aliphatic hydroxyl groups is 2. The fraction of sp³-hybridized carbons (Fsp3) is 0.481. The lowest BCUT2D eigenvalue weighted by Crippen LogP contribution is -2.44. The molecule has 3 aromatic rings. The van der Waals surface area contributed by atoms with Gasteiger partial charge in [-0.3, -0.25) is 14.9 Å². The first kappa shape index (κ1) is 25.9. The molecule has 0 unspecified atom stereocenters. The largest absolute Gasteiger partial charge is 0.396 e. The molecule has 2 aliphatic rings. The number of benzene rings is 2. The Labute approximate surface area is 220 Å². The van der Waals surface area contributed by atoms with Crippen LogP contribution in [0.4, 0.5) is 17.1 Å². The fourth-order valence-electron chi connectivity index (χ4n) is 5.95. The van der Waals surface area contributed by atoms with Crippen molar-refractivity contribution in [1.29, 1.82) is 0 Å². The minimum atomic E-state index is -0.854. The van der Waals surface area contributed by atoms with Crippen LogP contribution in [0.5, 0.6) is 0 Å². The van der Waals surface area contributed by atoms with Gasteiger partial charge in [0.25, 0.3) is 5.91 Å². The third kappa shape index (κ3) is 4.56. The summed E-state index contributed by atoms with van der Waals surface area (Å²) in [7, 11) is 0. The summed E-state index contributed by atoms with van der Waals surface area (Å²) in [5, 5.41) is 31.8. The van der Waals surface area contributed by atoms with Crippen LogP contribution < -0.4 is 16.4 Å². The molecule has 0 bridgehead atoms. The number of carbonyl (C=O) groups excluding carboxylic acids is 1. The van der Waals surface area contributed by atoms with E-state index in [0.717, 1.165) is 24.2 Å². The van der Waals surface area contributed by atoms with Gasteiger partial charge < -0.3 is 31.6 Å². The van der Waals surface area contributed by atoms with Gasteiger partial charge in [-0.15, -0.1) is 0 Å². The first-order chi connectivity index (χ1) is 18.3. The lowest BCUT2D eigenvalue weighted by Gasteiger charge is -2.41. The highest BCUT2D eigenvalue weighted by molar-refractivity contribution is 6.08. The third-order valence-corrected chi connectivity index (χ3v) is 8.39. The molecule has 1 aliphatic carbocycles. The zero-order valence-electron chi connectivity index (χ0n) is 21.3. The van der Waals surface area contributed by atoms with Gasteiger partial charge in [-0.1, -0.05) is 25.3 Å². The molecule has 1 saturated heterocycles. The van der Waals surface area contributed by atoms with Crippen molar-refractivity contribution in [3.8, 4) is 11.1 Å². The minimum Gasteiger partial charge on any atom is -0.396 e. The molecular formula is C27H34N6O5. The topological polar surface area (TPSA) is 185 Å². The molecule has 1 aliphatic heterocycles. The van der Waals surface area contributed by atoms with E-state index >= 15 is 0 Å². The van der Waals surface area contributed by atoms with E-state index < -0.39 is 16.2 Å². The quantitative estimate of drug-likeness (QED) is 0.177. The van der Waals surface area contributed by atoms with Gasteiger partial charge in [0.15, 0.2) is 0 Å². The van der Waals surface area contributed by atoms with Crippen molar-refractivity contribution in [1.82, 2.24) is 9.97 Å². The first-order valence-electron chi connectivity index (χ1n) is 13.1. The minimum absolute atomic E-state index is 0.0959. The summed E-state index contributed by atoms with van der Waals surface area (Å²) in [6.45, 7) is 0.531. The average Bonchev–Trinajstić information content (AvgIpc) is 3.36. The number of nitrogens with one attached hydrogen (secondary N) is 1. The van der Waals surface area contributed by atoms with Crippen molar-refractivity contribution in [2.24, 2.45) is 11.1 Å². The number of fused-ring (bicyclic) bond motifs is 1. The molecule has 7 N–H and O–H groups in total. The normalized spacial score (nSPS) is 18.1. The predicted molar refractivity (Wildman–Crippen MR) is 145 cm³/mol. The summed E-state index contributed by atoms with van der Waals surface area (Å²) < 4.78 is 0. The van der Waals surface area contributed by atoms with Crippen LogP contribution in [-0.2, 0) is 0 Å². The number of rotatable bonds is 7. The number of nitro groups is 1. The van der Waals surface area contributed by atoms with E-state index in [1.54, 1.807) is 12.1 Å². The standard InChI is InChI=1S/C27H34N6O5/c28-23-22(25(29)36)21(32-10-8-27(14-34,15-35)9-11-32)13-18(24(23)33(37)38)17-6-7-19-20(12-17)31-26(30-19)16-4-2-1-3-5-16/h6-7,12-13,16,34-35H,1-5,8-11,14-15,28H2,(H2,29,36)(H,30,31). The van der Waals surface area contributed by atoms with E-state index in [1.165, 1.54) is 19.3 Å². The number of piperidine rings is 1. The molecule has 2 heterocycles. The Morgan fingerprint density at radius 1 is 1.16 bits per heavy atom. The number of aromatic amines is 1. The van der Waals surface area contributed by atoms with Crippen LogP contribution in [0.1, 0.15) is 67.0 Å². The van der Waals surface area contributed by atoms with E-state index in [-0.39, 0.29) is 35.7 Å². The van der Waals surface area contributed by atoms with Crippen LogP contribution in [0.2, 0.25) is 0 Å². The number of primary amides is 1. The van der Waals surface area contributed by atoms with Gasteiger partial charge in [-0.25, -0.2) is 4.98 Å². The van der Waals surface area contributed by atoms with Crippen molar-refractivity contribution < 1.29 is 19.9 Å². The van der Waals surface area contributed by atoms with Gasteiger partial charge in [-0.2, -0.15) is 0 Å². The molecule has 0 atom stereocenters.